The van der Waals surface area contributed by atoms with E-state index in [1.165, 1.54) is 35.6 Å². The fourth-order valence-corrected chi connectivity index (χ4v) is 2.68. The fraction of sp³-hybridized carbons (Fsp3) is 0.176. The molecule has 1 amide bonds. The van der Waals surface area contributed by atoms with Crippen molar-refractivity contribution in [2.75, 3.05) is 6.54 Å². The minimum absolute atomic E-state index is 0.0993. The average molecular weight is 375 g/mol. The molecule has 1 atom stereocenters. The zero-order valence-electron chi connectivity index (χ0n) is 13.6. The van der Waals surface area contributed by atoms with Crippen molar-refractivity contribution in [1.29, 1.82) is 0 Å². The van der Waals surface area contributed by atoms with Crippen LogP contribution >= 0.6 is 11.3 Å². The molecule has 3 rings (SSSR count). The van der Waals surface area contributed by atoms with Crippen LogP contribution in [0.25, 0.3) is 11.5 Å². The molecular weight excluding hydrogens is 361 g/mol. The summed E-state index contributed by atoms with van der Waals surface area (Å²) >= 11 is 1.27. The standard InChI is InChI=1S/C17H14FN3O4S/c1-10(24-14(22)9-19-15(23)13-3-2-8-26-13)16-20-21-17(25-16)11-4-6-12(18)7-5-11/h2-8,10H,9H2,1H3,(H,19,23)/t10-/m1/s1. The predicted octanol–water partition coefficient (Wildman–Crippen LogP) is 2.97. The van der Waals surface area contributed by atoms with Crippen LogP contribution in [0.15, 0.2) is 46.2 Å². The summed E-state index contributed by atoms with van der Waals surface area (Å²) < 4.78 is 23.6. The first-order chi connectivity index (χ1) is 12.5. The van der Waals surface area contributed by atoms with Crippen LogP contribution in [0.1, 0.15) is 28.6 Å². The molecule has 0 unspecified atom stereocenters. The number of ether oxygens (including phenoxy) is 1. The highest BCUT2D eigenvalue weighted by Crippen LogP contribution is 2.22. The van der Waals surface area contributed by atoms with Gasteiger partial charge in [-0.2, -0.15) is 0 Å². The van der Waals surface area contributed by atoms with E-state index < -0.39 is 12.1 Å². The molecule has 0 fully saturated rings. The Morgan fingerprint density at radius 3 is 2.73 bits per heavy atom. The van der Waals surface area contributed by atoms with Crippen molar-refractivity contribution in [3.05, 3.63) is 58.4 Å². The van der Waals surface area contributed by atoms with Crippen LogP contribution in [-0.4, -0.2) is 28.6 Å². The van der Waals surface area contributed by atoms with Crippen molar-refractivity contribution < 1.29 is 23.1 Å². The van der Waals surface area contributed by atoms with E-state index in [0.29, 0.717) is 10.4 Å². The van der Waals surface area contributed by atoms with Crippen LogP contribution in [0.5, 0.6) is 0 Å². The Bertz CT molecular complexity index is 893. The van der Waals surface area contributed by atoms with Crippen molar-refractivity contribution in [2.24, 2.45) is 0 Å². The van der Waals surface area contributed by atoms with Gasteiger partial charge in [-0.25, -0.2) is 4.39 Å². The van der Waals surface area contributed by atoms with Gasteiger partial charge < -0.3 is 14.5 Å². The normalized spacial score (nSPS) is 11.8. The first kappa shape index (κ1) is 17.7. The number of nitrogens with zero attached hydrogens (tertiary/aromatic N) is 2. The molecule has 1 aromatic carbocycles. The number of thiophene rings is 1. The predicted molar refractivity (Wildman–Crippen MR) is 90.9 cm³/mol. The van der Waals surface area contributed by atoms with Crippen molar-refractivity contribution in [3.8, 4) is 11.5 Å². The van der Waals surface area contributed by atoms with E-state index in [0.717, 1.165) is 0 Å². The van der Waals surface area contributed by atoms with Gasteiger partial charge in [-0.1, -0.05) is 6.07 Å². The Morgan fingerprint density at radius 1 is 1.27 bits per heavy atom. The van der Waals surface area contributed by atoms with Crippen molar-refractivity contribution >= 4 is 23.2 Å². The lowest BCUT2D eigenvalue weighted by Crippen LogP contribution is -2.30. The van der Waals surface area contributed by atoms with Gasteiger partial charge >= 0.3 is 5.97 Å². The van der Waals surface area contributed by atoms with Crippen molar-refractivity contribution in [1.82, 2.24) is 15.5 Å². The Balaban J connectivity index is 1.54. The van der Waals surface area contributed by atoms with E-state index in [4.69, 9.17) is 9.15 Å². The molecule has 0 aliphatic rings. The first-order valence-corrected chi connectivity index (χ1v) is 8.51. The Hall–Kier alpha value is -3.07. The van der Waals surface area contributed by atoms with Crippen LogP contribution in [0, 0.1) is 5.82 Å². The second-order valence-corrected chi connectivity index (χ2v) is 6.19. The van der Waals surface area contributed by atoms with E-state index in [1.54, 1.807) is 24.4 Å². The average Bonchev–Trinajstić information content (AvgIpc) is 3.32. The number of amides is 1. The maximum absolute atomic E-state index is 12.9. The second kappa shape index (κ2) is 7.87. The minimum atomic E-state index is -0.789. The van der Waals surface area contributed by atoms with Gasteiger partial charge in [0.25, 0.3) is 11.8 Å². The summed E-state index contributed by atoms with van der Waals surface area (Å²) in [5.41, 5.74) is 0.548. The molecule has 134 valence electrons. The van der Waals surface area contributed by atoms with Crippen molar-refractivity contribution in [3.63, 3.8) is 0 Å². The second-order valence-electron chi connectivity index (χ2n) is 5.24. The topological polar surface area (TPSA) is 94.3 Å². The molecule has 0 spiro atoms. The summed E-state index contributed by atoms with van der Waals surface area (Å²) in [5, 5.41) is 11.9. The summed E-state index contributed by atoms with van der Waals surface area (Å²) in [4.78, 5) is 24.1. The monoisotopic (exact) mass is 375 g/mol. The van der Waals surface area contributed by atoms with Crippen LogP contribution in [0.4, 0.5) is 4.39 Å². The highest BCUT2D eigenvalue weighted by atomic mass is 32.1. The van der Waals surface area contributed by atoms with Gasteiger partial charge in [-0.15, -0.1) is 21.5 Å². The number of carbonyl (C=O) groups is 2. The number of carbonyl (C=O) groups excluding carboxylic acids is 2. The molecule has 26 heavy (non-hydrogen) atoms. The maximum atomic E-state index is 12.9. The van der Waals surface area contributed by atoms with E-state index in [9.17, 15) is 14.0 Å². The SMILES string of the molecule is C[C@@H](OC(=O)CNC(=O)c1cccs1)c1nnc(-c2ccc(F)cc2)o1. The fourth-order valence-electron chi connectivity index (χ4n) is 2.04. The Morgan fingerprint density at radius 2 is 2.04 bits per heavy atom. The summed E-state index contributed by atoms with van der Waals surface area (Å²) in [6, 6.07) is 8.96. The van der Waals surface area contributed by atoms with Gasteiger partial charge in [-0.3, -0.25) is 9.59 Å². The lowest BCUT2D eigenvalue weighted by molar-refractivity contribution is -0.148. The minimum Gasteiger partial charge on any atom is -0.451 e. The number of aromatic nitrogens is 2. The molecule has 0 bridgehead atoms. The zero-order valence-corrected chi connectivity index (χ0v) is 14.5. The van der Waals surface area contributed by atoms with Gasteiger partial charge in [0.1, 0.15) is 12.4 Å². The molecule has 3 aromatic rings. The van der Waals surface area contributed by atoms with E-state index in [1.807, 2.05) is 0 Å². The van der Waals surface area contributed by atoms with Gasteiger partial charge in [0.2, 0.25) is 5.89 Å². The number of hydrogen-bond donors (Lipinski definition) is 1. The highest BCUT2D eigenvalue weighted by Gasteiger charge is 2.19. The summed E-state index contributed by atoms with van der Waals surface area (Å²) in [7, 11) is 0. The molecule has 2 aromatic heterocycles. The molecule has 0 aliphatic carbocycles. The third-order valence-corrected chi connectivity index (χ3v) is 4.19. The number of hydrogen-bond acceptors (Lipinski definition) is 7. The molecule has 2 heterocycles. The van der Waals surface area contributed by atoms with Gasteiger partial charge in [0, 0.05) is 5.56 Å². The van der Waals surface area contributed by atoms with E-state index >= 15 is 0 Å². The van der Waals surface area contributed by atoms with Crippen LogP contribution in [-0.2, 0) is 9.53 Å². The molecule has 0 saturated carbocycles. The van der Waals surface area contributed by atoms with Gasteiger partial charge in [0.05, 0.1) is 4.88 Å². The van der Waals surface area contributed by atoms with Crippen LogP contribution in [0.2, 0.25) is 0 Å². The third-order valence-electron chi connectivity index (χ3n) is 3.33. The lowest BCUT2D eigenvalue weighted by Gasteiger charge is -2.09. The van der Waals surface area contributed by atoms with Crippen molar-refractivity contribution in [2.45, 2.75) is 13.0 Å². The van der Waals surface area contributed by atoms with E-state index in [2.05, 4.69) is 15.5 Å². The number of esters is 1. The number of nitrogens with one attached hydrogen (secondary N) is 1. The number of halogens is 1. The third kappa shape index (κ3) is 4.31. The smallest absolute Gasteiger partial charge is 0.326 e. The van der Waals surface area contributed by atoms with Crippen LogP contribution in [0.3, 0.4) is 0 Å². The number of benzene rings is 1. The molecule has 0 radical (unpaired) electrons. The van der Waals surface area contributed by atoms with Gasteiger partial charge in [0.15, 0.2) is 6.10 Å². The van der Waals surface area contributed by atoms with Gasteiger partial charge in [-0.05, 0) is 42.6 Å². The summed E-state index contributed by atoms with van der Waals surface area (Å²) in [6.45, 7) is 1.29. The lowest BCUT2D eigenvalue weighted by atomic mass is 10.2. The number of rotatable bonds is 6. The molecule has 1 N–H and O–H groups in total. The maximum Gasteiger partial charge on any atom is 0.326 e. The zero-order chi connectivity index (χ0) is 18.5. The molecule has 7 nitrogen and oxygen atoms in total. The quantitative estimate of drug-likeness (QED) is 0.666. The largest absolute Gasteiger partial charge is 0.451 e. The summed E-state index contributed by atoms with van der Waals surface area (Å²) in [5.74, 6) is -1.07. The molecular formula is C17H14FN3O4S. The molecule has 0 saturated heterocycles. The molecule has 9 heteroatoms. The Labute approximate surface area is 151 Å². The van der Waals surface area contributed by atoms with Crippen LogP contribution < -0.4 is 5.32 Å². The first-order valence-electron chi connectivity index (χ1n) is 7.63. The van der Waals surface area contributed by atoms with E-state index in [-0.39, 0.29) is 30.1 Å². The Kier molecular flexibility index (Phi) is 5.37. The molecule has 0 aliphatic heterocycles. The highest BCUT2D eigenvalue weighted by molar-refractivity contribution is 7.12. The summed E-state index contributed by atoms with van der Waals surface area (Å²) in [6.07, 6.45) is -0.789.